The zero-order valence-electron chi connectivity index (χ0n) is 13.0. The molecule has 0 aliphatic carbocycles. The molecule has 2 aliphatic rings. The van der Waals surface area contributed by atoms with Gasteiger partial charge in [-0.25, -0.2) is 12.8 Å². The van der Waals surface area contributed by atoms with Gasteiger partial charge in [-0.3, -0.25) is 0 Å². The Bertz CT molecular complexity index is 883. The van der Waals surface area contributed by atoms with E-state index in [9.17, 15) is 12.8 Å². The van der Waals surface area contributed by atoms with Crippen molar-refractivity contribution in [3.05, 3.63) is 35.5 Å². The van der Waals surface area contributed by atoms with Crippen molar-refractivity contribution in [3.63, 3.8) is 0 Å². The molecule has 2 atom stereocenters. The second-order valence-electron chi connectivity index (χ2n) is 5.97. The van der Waals surface area contributed by atoms with E-state index in [4.69, 9.17) is 9.26 Å². The first-order chi connectivity index (χ1) is 11.4. The summed E-state index contributed by atoms with van der Waals surface area (Å²) in [5.74, 6) is 1.21. The van der Waals surface area contributed by atoms with E-state index in [-0.39, 0.29) is 23.8 Å². The fraction of sp³-hybridized carbons (Fsp3) is 0.467. The summed E-state index contributed by atoms with van der Waals surface area (Å²) < 4.78 is 51.6. The molecule has 0 saturated carbocycles. The van der Waals surface area contributed by atoms with Crippen LogP contribution in [-0.4, -0.2) is 42.2 Å². The van der Waals surface area contributed by atoms with E-state index in [1.807, 2.05) is 0 Å². The highest BCUT2D eigenvalue weighted by molar-refractivity contribution is 7.89. The Morgan fingerprint density at radius 1 is 1.38 bits per heavy atom. The Kier molecular flexibility index (Phi) is 3.57. The minimum atomic E-state index is -3.87. The molecule has 1 aromatic heterocycles. The molecule has 2 aliphatic heterocycles. The highest BCUT2D eigenvalue weighted by Gasteiger charge is 2.44. The lowest BCUT2D eigenvalue weighted by Crippen LogP contribution is -2.31. The number of fused-ring (bicyclic) bond motifs is 1. The van der Waals surface area contributed by atoms with Crippen LogP contribution in [-0.2, 0) is 16.4 Å². The molecule has 1 aromatic carbocycles. The quantitative estimate of drug-likeness (QED) is 0.836. The number of aryl methyl sites for hydroxylation is 1. The van der Waals surface area contributed by atoms with E-state index in [2.05, 4.69) is 10.1 Å². The maximum absolute atomic E-state index is 14.0. The van der Waals surface area contributed by atoms with Crippen molar-refractivity contribution in [1.82, 2.24) is 14.4 Å². The molecule has 0 bridgehead atoms. The standard InChI is InChI=1S/C15H16FN3O4S/c1-9-17-15(23-18-9)13-7-11(16)8-19(13)24(20,21)12-2-3-14-10(6-12)4-5-22-14/h2-3,6,11,13H,4-5,7-8H2,1H3/t11-,13-/m1/s1. The van der Waals surface area contributed by atoms with Crippen LogP contribution in [0.1, 0.15) is 29.7 Å². The third kappa shape index (κ3) is 2.48. The lowest BCUT2D eigenvalue weighted by atomic mass is 10.2. The summed E-state index contributed by atoms with van der Waals surface area (Å²) in [5.41, 5.74) is 0.845. The number of aromatic nitrogens is 2. The lowest BCUT2D eigenvalue weighted by molar-refractivity contribution is 0.289. The van der Waals surface area contributed by atoms with E-state index in [1.165, 1.54) is 6.07 Å². The number of halogens is 1. The maximum Gasteiger partial charge on any atom is 0.245 e. The van der Waals surface area contributed by atoms with Crippen LogP contribution in [0, 0.1) is 6.92 Å². The van der Waals surface area contributed by atoms with Crippen LogP contribution in [0.15, 0.2) is 27.6 Å². The third-order valence-electron chi connectivity index (χ3n) is 4.30. The van der Waals surface area contributed by atoms with E-state index in [1.54, 1.807) is 19.1 Å². The molecule has 9 heteroatoms. The first-order valence-electron chi connectivity index (χ1n) is 7.67. The number of hydrogen-bond donors (Lipinski definition) is 0. The Balaban J connectivity index is 1.72. The normalized spacial score (nSPS) is 24.1. The summed E-state index contributed by atoms with van der Waals surface area (Å²) in [6.07, 6.45) is -0.597. The Morgan fingerprint density at radius 3 is 2.96 bits per heavy atom. The molecule has 1 fully saturated rings. The number of rotatable bonds is 3. The van der Waals surface area contributed by atoms with Crippen LogP contribution in [0.25, 0.3) is 0 Å². The van der Waals surface area contributed by atoms with Gasteiger partial charge in [-0.1, -0.05) is 5.16 Å². The molecular weight excluding hydrogens is 337 g/mol. The van der Waals surface area contributed by atoms with Gasteiger partial charge in [0, 0.05) is 19.4 Å². The summed E-state index contributed by atoms with van der Waals surface area (Å²) in [7, 11) is -3.87. The van der Waals surface area contributed by atoms with Crippen molar-refractivity contribution in [1.29, 1.82) is 0 Å². The van der Waals surface area contributed by atoms with Crippen LogP contribution in [0.2, 0.25) is 0 Å². The molecule has 2 aromatic rings. The molecule has 7 nitrogen and oxygen atoms in total. The van der Waals surface area contributed by atoms with Gasteiger partial charge < -0.3 is 9.26 Å². The Hall–Kier alpha value is -2.00. The minimum Gasteiger partial charge on any atom is -0.493 e. The van der Waals surface area contributed by atoms with Crippen molar-refractivity contribution in [3.8, 4) is 5.75 Å². The fourth-order valence-electron chi connectivity index (χ4n) is 3.15. The molecule has 0 radical (unpaired) electrons. The minimum absolute atomic E-state index is 0.00884. The monoisotopic (exact) mass is 353 g/mol. The SMILES string of the molecule is Cc1noc([C@H]2C[C@@H](F)CN2S(=O)(=O)c2ccc3c(c2)CCO3)n1. The molecule has 0 amide bonds. The van der Waals surface area contributed by atoms with Crippen molar-refractivity contribution >= 4 is 10.0 Å². The summed E-state index contributed by atoms with van der Waals surface area (Å²) in [4.78, 5) is 4.20. The number of benzene rings is 1. The van der Waals surface area contributed by atoms with E-state index >= 15 is 0 Å². The van der Waals surface area contributed by atoms with Gasteiger partial charge in [0.1, 0.15) is 18.0 Å². The summed E-state index contributed by atoms with van der Waals surface area (Å²) in [5, 5.41) is 3.68. The van der Waals surface area contributed by atoms with Crippen molar-refractivity contribution < 1.29 is 22.1 Å². The van der Waals surface area contributed by atoms with E-state index in [0.717, 1.165) is 9.87 Å². The van der Waals surface area contributed by atoms with Gasteiger partial charge in [0.2, 0.25) is 15.9 Å². The molecule has 0 spiro atoms. The van der Waals surface area contributed by atoms with Gasteiger partial charge in [0.15, 0.2) is 5.82 Å². The van der Waals surface area contributed by atoms with Crippen LogP contribution in [0.3, 0.4) is 0 Å². The van der Waals surface area contributed by atoms with Crippen LogP contribution >= 0.6 is 0 Å². The zero-order valence-corrected chi connectivity index (χ0v) is 13.8. The second-order valence-corrected chi connectivity index (χ2v) is 7.86. The first-order valence-corrected chi connectivity index (χ1v) is 9.11. The lowest BCUT2D eigenvalue weighted by Gasteiger charge is -2.21. The average Bonchev–Trinajstić information content (AvgIpc) is 3.25. The predicted octanol–water partition coefficient (Wildman–Crippen LogP) is 1.79. The van der Waals surface area contributed by atoms with Gasteiger partial charge >= 0.3 is 0 Å². The van der Waals surface area contributed by atoms with Crippen LogP contribution < -0.4 is 4.74 Å². The van der Waals surface area contributed by atoms with Gasteiger partial charge in [-0.2, -0.15) is 9.29 Å². The molecule has 1 saturated heterocycles. The molecule has 128 valence electrons. The molecular formula is C15H16FN3O4S. The molecule has 4 rings (SSSR count). The van der Waals surface area contributed by atoms with Gasteiger partial charge in [0.25, 0.3) is 0 Å². The van der Waals surface area contributed by atoms with Gasteiger partial charge in [-0.15, -0.1) is 0 Å². The Morgan fingerprint density at radius 2 is 2.21 bits per heavy atom. The van der Waals surface area contributed by atoms with Crippen molar-refractivity contribution in [2.75, 3.05) is 13.2 Å². The first kappa shape index (κ1) is 15.5. The molecule has 0 N–H and O–H groups in total. The van der Waals surface area contributed by atoms with Crippen molar-refractivity contribution in [2.45, 2.75) is 36.9 Å². The number of ether oxygens (including phenoxy) is 1. The topological polar surface area (TPSA) is 85.5 Å². The summed E-state index contributed by atoms with van der Waals surface area (Å²) >= 11 is 0. The molecule has 0 unspecified atom stereocenters. The number of sulfonamides is 1. The van der Waals surface area contributed by atoms with Crippen LogP contribution in [0.5, 0.6) is 5.75 Å². The second kappa shape index (κ2) is 5.52. The maximum atomic E-state index is 14.0. The van der Waals surface area contributed by atoms with Gasteiger partial charge in [-0.05, 0) is 30.7 Å². The highest BCUT2D eigenvalue weighted by atomic mass is 32.2. The largest absolute Gasteiger partial charge is 0.493 e. The zero-order chi connectivity index (χ0) is 16.9. The molecule has 3 heterocycles. The summed E-state index contributed by atoms with van der Waals surface area (Å²) in [6, 6.07) is 3.95. The third-order valence-corrected chi connectivity index (χ3v) is 6.17. The highest BCUT2D eigenvalue weighted by Crippen LogP contribution is 2.38. The number of hydrogen-bond acceptors (Lipinski definition) is 6. The van der Waals surface area contributed by atoms with Crippen LogP contribution in [0.4, 0.5) is 4.39 Å². The van der Waals surface area contributed by atoms with Crippen molar-refractivity contribution in [2.24, 2.45) is 0 Å². The molecule has 24 heavy (non-hydrogen) atoms. The fourth-order valence-corrected chi connectivity index (χ4v) is 4.82. The number of nitrogens with zero attached hydrogens (tertiary/aromatic N) is 3. The predicted molar refractivity (Wildman–Crippen MR) is 80.8 cm³/mol. The van der Waals surface area contributed by atoms with E-state index < -0.39 is 22.2 Å². The summed E-state index contributed by atoms with van der Waals surface area (Å²) in [6.45, 7) is 1.95. The van der Waals surface area contributed by atoms with Gasteiger partial charge in [0.05, 0.1) is 11.5 Å². The van der Waals surface area contributed by atoms with E-state index in [0.29, 0.717) is 24.6 Å². The average molecular weight is 353 g/mol. The number of alkyl halides is 1. The smallest absolute Gasteiger partial charge is 0.245 e. The Labute approximate surface area is 138 Å².